The van der Waals surface area contributed by atoms with Crippen LogP contribution in [0.25, 0.3) is 0 Å². The van der Waals surface area contributed by atoms with E-state index < -0.39 is 15.9 Å². The first-order valence-corrected chi connectivity index (χ1v) is 9.87. The molecule has 0 saturated heterocycles. The number of aryl methyl sites for hydroxylation is 1. The molecule has 0 radical (unpaired) electrons. The molecule has 1 amide bonds. The molecule has 1 aromatic heterocycles. The van der Waals surface area contributed by atoms with E-state index in [9.17, 15) is 13.2 Å². The first-order chi connectivity index (χ1) is 12.3. The fraction of sp³-hybridized carbons (Fsp3) is 0.0556. The van der Waals surface area contributed by atoms with Gasteiger partial charge in [0.1, 0.15) is 0 Å². The van der Waals surface area contributed by atoms with Crippen molar-refractivity contribution < 1.29 is 17.6 Å². The fourth-order valence-corrected chi connectivity index (χ4v) is 3.86. The minimum Gasteiger partial charge on any atom is -0.459 e. The molecule has 26 heavy (non-hydrogen) atoms. The number of halogens is 1. The molecule has 0 aliphatic rings. The van der Waals surface area contributed by atoms with Gasteiger partial charge in [-0.2, -0.15) is 0 Å². The second-order valence-electron chi connectivity index (χ2n) is 5.55. The lowest BCUT2D eigenvalue weighted by molar-refractivity contribution is 0.0996. The second-order valence-corrected chi connectivity index (χ2v) is 8.08. The largest absolute Gasteiger partial charge is 0.459 e. The van der Waals surface area contributed by atoms with Crippen molar-refractivity contribution in [3.05, 3.63) is 76.7 Å². The molecule has 0 atom stereocenters. The summed E-state index contributed by atoms with van der Waals surface area (Å²) >= 11 is 3.33. The average Bonchev–Trinajstić information content (AvgIpc) is 3.13. The highest BCUT2D eigenvalue weighted by molar-refractivity contribution is 9.10. The van der Waals surface area contributed by atoms with Crippen LogP contribution in [-0.4, -0.2) is 14.3 Å². The Labute approximate surface area is 159 Å². The average molecular weight is 435 g/mol. The van der Waals surface area contributed by atoms with E-state index in [0.29, 0.717) is 15.8 Å². The Morgan fingerprint density at radius 1 is 1.08 bits per heavy atom. The molecule has 2 N–H and O–H groups in total. The number of carbonyl (C=O) groups excluding carboxylic acids is 1. The fourth-order valence-electron chi connectivity index (χ4n) is 2.26. The smallest absolute Gasteiger partial charge is 0.291 e. The van der Waals surface area contributed by atoms with Gasteiger partial charge in [-0.25, -0.2) is 8.42 Å². The number of hydrogen-bond donors (Lipinski definition) is 2. The number of furan rings is 1. The Bertz CT molecular complexity index is 1050. The Kier molecular flexibility index (Phi) is 5.15. The lowest BCUT2D eigenvalue weighted by Crippen LogP contribution is -2.15. The van der Waals surface area contributed by atoms with Crippen LogP contribution in [0.1, 0.15) is 16.1 Å². The maximum Gasteiger partial charge on any atom is 0.291 e. The van der Waals surface area contributed by atoms with Crippen molar-refractivity contribution in [2.75, 3.05) is 10.0 Å². The maximum atomic E-state index is 12.7. The summed E-state index contributed by atoms with van der Waals surface area (Å²) in [7, 11) is -3.82. The predicted octanol–water partition coefficient (Wildman–Crippen LogP) is 4.40. The molecule has 3 aromatic rings. The van der Waals surface area contributed by atoms with Gasteiger partial charge in [0.05, 0.1) is 16.8 Å². The van der Waals surface area contributed by atoms with Gasteiger partial charge in [-0.1, -0.05) is 12.1 Å². The number of benzene rings is 2. The second kappa shape index (κ2) is 7.35. The third-order valence-electron chi connectivity index (χ3n) is 3.51. The van der Waals surface area contributed by atoms with Crippen LogP contribution < -0.4 is 10.0 Å². The van der Waals surface area contributed by atoms with Crippen molar-refractivity contribution in [2.45, 2.75) is 11.8 Å². The molecule has 0 bridgehead atoms. The molecule has 0 unspecified atom stereocenters. The van der Waals surface area contributed by atoms with Crippen LogP contribution in [0, 0.1) is 6.92 Å². The molecule has 1 heterocycles. The Balaban J connectivity index is 1.84. The quantitative estimate of drug-likeness (QED) is 0.622. The van der Waals surface area contributed by atoms with E-state index in [4.69, 9.17) is 4.42 Å². The summed E-state index contributed by atoms with van der Waals surface area (Å²) < 4.78 is 33.5. The molecule has 0 spiro atoms. The highest BCUT2D eigenvalue weighted by Gasteiger charge is 2.17. The van der Waals surface area contributed by atoms with Crippen molar-refractivity contribution in [2.24, 2.45) is 0 Å². The van der Waals surface area contributed by atoms with Gasteiger partial charge >= 0.3 is 0 Å². The summed E-state index contributed by atoms with van der Waals surface area (Å²) in [6.45, 7) is 1.87. The first-order valence-electron chi connectivity index (χ1n) is 7.59. The van der Waals surface area contributed by atoms with Gasteiger partial charge in [0, 0.05) is 10.2 Å². The molecule has 0 saturated carbocycles. The van der Waals surface area contributed by atoms with Gasteiger partial charge in [0.15, 0.2) is 5.76 Å². The zero-order chi connectivity index (χ0) is 18.7. The van der Waals surface area contributed by atoms with Crippen LogP contribution in [0.5, 0.6) is 0 Å². The highest BCUT2D eigenvalue weighted by Crippen LogP contribution is 2.27. The summed E-state index contributed by atoms with van der Waals surface area (Å²) in [5, 5.41) is 2.61. The Hall–Kier alpha value is -2.58. The SMILES string of the molecule is Cc1ccc(Br)c(NS(=O)(=O)c2cccc(NC(=O)c3ccco3)c2)c1. The molecule has 3 rings (SSSR count). The van der Waals surface area contributed by atoms with E-state index >= 15 is 0 Å². The molecular weight excluding hydrogens is 420 g/mol. The Morgan fingerprint density at radius 2 is 1.88 bits per heavy atom. The summed E-state index contributed by atoms with van der Waals surface area (Å²) in [5.74, 6) is -0.320. The molecule has 8 heteroatoms. The van der Waals surface area contributed by atoms with Gasteiger partial charge < -0.3 is 9.73 Å². The standard InChI is InChI=1S/C18H15BrN2O4S/c1-12-7-8-15(19)16(10-12)21-26(23,24)14-5-2-4-13(11-14)20-18(22)17-6-3-9-25-17/h2-11,21H,1H3,(H,20,22). The summed E-state index contributed by atoms with van der Waals surface area (Å²) in [4.78, 5) is 12.1. The third kappa shape index (κ3) is 4.14. The van der Waals surface area contributed by atoms with Gasteiger partial charge in [-0.05, 0) is 70.9 Å². The zero-order valence-electron chi connectivity index (χ0n) is 13.7. The zero-order valence-corrected chi connectivity index (χ0v) is 16.1. The van der Waals surface area contributed by atoms with E-state index in [-0.39, 0.29) is 10.7 Å². The number of amides is 1. The van der Waals surface area contributed by atoms with Crippen LogP contribution in [0.4, 0.5) is 11.4 Å². The van der Waals surface area contributed by atoms with Gasteiger partial charge in [0.25, 0.3) is 15.9 Å². The first kappa shape index (κ1) is 18.2. The number of anilines is 2. The van der Waals surface area contributed by atoms with Gasteiger partial charge in [-0.15, -0.1) is 0 Å². The molecule has 2 aromatic carbocycles. The number of nitrogens with one attached hydrogen (secondary N) is 2. The summed E-state index contributed by atoms with van der Waals surface area (Å²) in [6.07, 6.45) is 1.39. The monoisotopic (exact) mass is 434 g/mol. The van der Waals surface area contributed by atoms with E-state index in [1.54, 1.807) is 30.3 Å². The lowest BCUT2D eigenvalue weighted by Gasteiger charge is -2.12. The number of rotatable bonds is 5. The summed E-state index contributed by atoms with van der Waals surface area (Å²) in [5.41, 5.74) is 1.71. The predicted molar refractivity (Wildman–Crippen MR) is 103 cm³/mol. The van der Waals surface area contributed by atoms with Crippen LogP contribution in [0.15, 0.2) is 74.6 Å². The maximum absolute atomic E-state index is 12.7. The van der Waals surface area contributed by atoms with Crippen molar-refractivity contribution in [1.82, 2.24) is 0 Å². The molecule has 0 aliphatic heterocycles. The van der Waals surface area contributed by atoms with E-state index in [0.717, 1.165) is 5.56 Å². The van der Waals surface area contributed by atoms with Crippen molar-refractivity contribution in [3.63, 3.8) is 0 Å². The van der Waals surface area contributed by atoms with Crippen LogP contribution in [0.3, 0.4) is 0 Å². The minimum absolute atomic E-state index is 0.0307. The third-order valence-corrected chi connectivity index (χ3v) is 5.57. The van der Waals surface area contributed by atoms with E-state index in [1.807, 2.05) is 13.0 Å². The van der Waals surface area contributed by atoms with Crippen LogP contribution in [0.2, 0.25) is 0 Å². The highest BCUT2D eigenvalue weighted by atomic mass is 79.9. The molecule has 0 fully saturated rings. The number of sulfonamides is 1. The van der Waals surface area contributed by atoms with Crippen molar-refractivity contribution in [1.29, 1.82) is 0 Å². The number of carbonyl (C=O) groups is 1. The summed E-state index contributed by atoms with van der Waals surface area (Å²) in [6, 6.07) is 14.5. The van der Waals surface area contributed by atoms with E-state index in [2.05, 4.69) is 26.0 Å². The van der Waals surface area contributed by atoms with Gasteiger partial charge in [0.2, 0.25) is 0 Å². The molecule has 6 nitrogen and oxygen atoms in total. The topological polar surface area (TPSA) is 88.4 Å². The lowest BCUT2D eigenvalue weighted by atomic mass is 10.2. The molecular formula is C18H15BrN2O4S. The van der Waals surface area contributed by atoms with Crippen molar-refractivity contribution in [3.8, 4) is 0 Å². The molecule has 134 valence electrons. The van der Waals surface area contributed by atoms with Crippen LogP contribution in [-0.2, 0) is 10.0 Å². The van der Waals surface area contributed by atoms with Crippen molar-refractivity contribution >= 4 is 43.2 Å². The Morgan fingerprint density at radius 3 is 2.62 bits per heavy atom. The normalized spacial score (nSPS) is 11.2. The molecule has 0 aliphatic carbocycles. The number of hydrogen-bond acceptors (Lipinski definition) is 4. The van der Waals surface area contributed by atoms with Crippen LogP contribution >= 0.6 is 15.9 Å². The van der Waals surface area contributed by atoms with E-state index in [1.165, 1.54) is 24.5 Å². The van der Waals surface area contributed by atoms with Gasteiger partial charge in [-0.3, -0.25) is 9.52 Å². The minimum atomic E-state index is -3.82.